The molecule has 0 aromatic heterocycles. The van der Waals surface area contributed by atoms with E-state index >= 15 is 0 Å². The second kappa shape index (κ2) is 9.30. The molecule has 0 aliphatic carbocycles. The summed E-state index contributed by atoms with van der Waals surface area (Å²) in [5.41, 5.74) is 2.42. The van der Waals surface area contributed by atoms with Gasteiger partial charge in [-0.3, -0.25) is 0 Å². The zero-order valence-electron chi connectivity index (χ0n) is 13.4. The summed E-state index contributed by atoms with van der Waals surface area (Å²) < 4.78 is 12.9. The van der Waals surface area contributed by atoms with E-state index in [1.54, 1.807) is 7.11 Å². The van der Waals surface area contributed by atoms with E-state index in [-0.39, 0.29) is 0 Å². The smallest absolute Gasteiger partial charge is 0.147 e. The van der Waals surface area contributed by atoms with Crippen LogP contribution in [0.5, 0.6) is 11.5 Å². The first-order valence-electron chi connectivity index (χ1n) is 7.58. The normalized spacial score (nSPS) is 10.6. The summed E-state index contributed by atoms with van der Waals surface area (Å²) in [6.45, 7) is 4.41. The summed E-state index contributed by atoms with van der Waals surface area (Å²) in [6, 6.07) is 12.3. The number of methoxy groups -OCH3 is 1. The Morgan fingerprint density at radius 2 is 1.57 bits per heavy atom. The van der Waals surface area contributed by atoms with Crippen molar-refractivity contribution < 1.29 is 9.47 Å². The SMILES string of the molecule is CCCOc1c(Br)cc(CNCc2ccc(OC)cc2)cc1Br. The number of benzene rings is 2. The lowest BCUT2D eigenvalue weighted by atomic mass is 10.2. The summed E-state index contributed by atoms with van der Waals surface area (Å²) >= 11 is 7.17. The Labute approximate surface area is 154 Å². The maximum atomic E-state index is 5.74. The number of ether oxygens (including phenoxy) is 2. The summed E-state index contributed by atoms with van der Waals surface area (Å²) in [5, 5.41) is 3.45. The molecule has 0 heterocycles. The molecule has 0 aliphatic rings. The molecule has 0 saturated heterocycles. The van der Waals surface area contributed by atoms with Crippen molar-refractivity contribution in [3.05, 3.63) is 56.5 Å². The van der Waals surface area contributed by atoms with Gasteiger partial charge in [0.1, 0.15) is 11.5 Å². The molecule has 0 amide bonds. The number of rotatable bonds is 8. The minimum atomic E-state index is 0.715. The van der Waals surface area contributed by atoms with E-state index < -0.39 is 0 Å². The second-order valence-corrected chi connectivity index (χ2v) is 6.90. The van der Waals surface area contributed by atoms with Crippen LogP contribution in [0.3, 0.4) is 0 Å². The maximum absolute atomic E-state index is 5.74. The van der Waals surface area contributed by atoms with E-state index in [2.05, 4.69) is 68.4 Å². The molecule has 2 aromatic rings. The average Bonchev–Trinajstić information content (AvgIpc) is 2.55. The highest BCUT2D eigenvalue weighted by Crippen LogP contribution is 2.34. The number of hydrogen-bond acceptors (Lipinski definition) is 3. The van der Waals surface area contributed by atoms with Crippen LogP contribution < -0.4 is 14.8 Å². The van der Waals surface area contributed by atoms with Crippen molar-refractivity contribution in [2.75, 3.05) is 13.7 Å². The molecule has 0 fully saturated rings. The summed E-state index contributed by atoms with van der Waals surface area (Å²) in [7, 11) is 1.68. The molecule has 0 aliphatic heterocycles. The Morgan fingerprint density at radius 1 is 0.957 bits per heavy atom. The van der Waals surface area contributed by atoms with E-state index in [0.717, 1.165) is 40.0 Å². The Morgan fingerprint density at radius 3 is 2.13 bits per heavy atom. The van der Waals surface area contributed by atoms with Gasteiger partial charge in [0.05, 0.1) is 22.7 Å². The zero-order valence-corrected chi connectivity index (χ0v) is 16.5. The van der Waals surface area contributed by atoms with Gasteiger partial charge < -0.3 is 14.8 Å². The van der Waals surface area contributed by atoms with Crippen molar-refractivity contribution in [2.45, 2.75) is 26.4 Å². The van der Waals surface area contributed by atoms with Gasteiger partial charge in [-0.25, -0.2) is 0 Å². The van der Waals surface area contributed by atoms with Gasteiger partial charge >= 0.3 is 0 Å². The van der Waals surface area contributed by atoms with Crippen LogP contribution in [0, 0.1) is 0 Å². The molecular weight excluding hydrogens is 422 g/mol. The fourth-order valence-electron chi connectivity index (χ4n) is 2.15. The molecule has 0 atom stereocenters. The van der Waals surface area contributed by atoms with Crippen molar-refractivity contribution in [3.63, 3.8) is 0 Å². The van der Waals surface area contributed by atoms with Crippen molar-refractivity contribution in [2.24, 2.45) is 0 Å². The highest BCUT2D eigenvalue weighted by Gasteiger charge is 2.08. The van der Waals surface area contributed by atoms with Gasteiger partial charge in [-0.05, 0) is 73.7 Å². The lowest BCUT2D eigenvalue weighted by Gasteiger charge is -2.12. The van der Waals surface area contributed by atoms with Crippen LogP contribution in [0.15, 0.2) is 45.3 Å². The molecule has 0 spiro atoms. The fourth-order valence-corrected chi connectivity index (χ4v) is 3.66. The van der Waals surface area contributed by atoms with E-state index in [1.807, 2.05) is 12.1 Å². The van der Waals surface area contributed by atoms with Gasteiger partial charge in [-0.1, -0.05) is 19.1 Å². The van der Waals surface area contributed by atoms with Crippen LogP contribution in [-0.4, -0.2) is 13.7 Å². The van der Waals surface area contributed by atoms with Crippen molar-refractivity contribution >= 4 is 31.9 Å². The topological polar surface area (TPSA) is 30.5 Å². The van der Waals surface area contributed by atoms with Crippen molar-refractivity contribution in [1.29, 1.82) is 0 Å². The van der Waals surface area contributed by atoms with E-state index in [1.165, 1.54) is 11.1 Å². The highest BCUT2D eigenvalue weighted by molar-refractivity contribution is 9.11. The molecule has 124 valence electrons. The molecule has 0 saturated carbocycles. The van der Waals surface area contributed by atoms with Crippen molar-refractivity contribution in [3.8, 4) is 11.5 Å². The molecular formula is C18H21Br2NO2. The summed E-state index contributed by atoms with van der Waals surface area (Å²) in [4.78, 5) is 0. The maximum Gasteiger partial charge on any atom is 0.147 e. The van der Waals surface area contributed by atoms with Gasteiger partial charge in [-0.2, -0.15) is 0 Å². The molecule has 3 nitrogen and oxygen atoms in total. The van der Waals surface area contributed by atoms with Crippen molar-refractivity contribution in [1.82, 2.24) is 5.32 Å². The first kappa shape index (κ1) is 18.3. The Balaban J connectivity index is 1.92. The zero-order chi connectivity index (χ0) is 16.7. The van der Waals surface area contributed by atoms with Gasteiger partial charge in [0.15, 0.2) is 0 Å². The van der Waals surface area contributed by atoms with Crippen LogP contribution in [0.4, 0.5) is 0 Å². The van der Waals surface area contributed by atoms with E-state index in [4.69, 9.17) is 9.47 Å². The lowest BCUT2D eigenvalue weighted by Crippen LogP contribution is -2.12. The number of hydrogen-bond donors (Lipinski definition) is 1. The Hall–Kier alpha value is -1.04. The molecule has 1 N–H and O–H groups in total. The second-order valence-electron chi connectivity index (χ2n) is 5.19. The first-order valence-corrected chi connectivity index (χ1v) is 9.17. The molecule has 2 aromatic carbocycles. The van der Waals surface area contributed by atoms with Crippen LogP contribution in [0.1, 0.15) is 24.5 Å². The molecule has 0 unspecified atom stereocenters. The summed E-state index contributed by atoms with van der Waals surface area (Å²) in [5.74, 6) is 1.75. The van der Waals surface area contributed by atoms with Gasteiger partial charge in [0.2, 0.25) is 0 Å². The quantitative estimate of drug-likeness (QED) is 0.601. The third kappa shape index (κ3) is 5.52. The van der Waals surface area contributed by atoms with Gasteiger partial charge in [0.25, 0.3) is 0 Å². The predicted octanol–water partition coefficient (Wildman–Crippen LogP) is 5.30. The van der Waals surface area contributed by atoms with Gasteiger partial charge in [-0.15, -0.1) is 0 Å². The number of nitrogens with one attached hydrogen (secondary N) is 1. The van der Waals surface area contributed by atoms with Crippen LogP contribution in [-0.2, 0) is 13.1 Å². The molecule has 2 rings (SSSR count). The molecule has 23 heavy (non-hydrogen) atoms. The lowest BCUT2D eigenvalue weighted by molar-refractivity contribution is 0.313. The Kier molecular flexibility index (Phi) is 7.40. The standard InChI is InChI=1S/C18H21Br2NO2/c1-3-8-23-18-16(19)9-14(10-17(18)20)12-21-11-13-4-6-15(22-2)7-5-13/h4-7,9-10,21H,3,8,11-12H2,1-2H3. The largest absolute Gasteiger partial charge is 0.497 e. The van der Waals surface area contributed by atoms with Crippen LogP contribution in [0.25, 0.3) is 0 Å². The fraction of sp³-hybridized carbons (Fsp3) is 0.333. The number of halogens is 2. The van der Waals surface area contributed by atoms with Crippen LogP contribution in [0.2, 0.25) is 0 Å². The molecule has 0 bridgehead atoms. The molecule has 0 radical (unpaired) electrons. The average molecular weight is 443 g/mol. The minimum Gasteiger partial charge on any atom is -0.497 e. The van der Waals surface area contributed by atoms with E-state index in [0.29, 0.717) is 6.61 Å². The highest BCUT2D eigenvalue weighted by atomic mass is 79.9. The van der Waals surface area contributed by atoms with Gasteiger partial charge in [0, 0.05) is 13.1 Å². The Bertz CT molecular complexity index is 606. The van der Waals surface area contributed by atoms with E-state index in [9.17, 15) is 0 Å². The van der Waals surface area contributed by atoms with Crippen LogP contribution >= 0.6 is 31.9 Å². The molecule has 5 heteroatoms. The third-order valence-corrected chi connectivity index (χ3v) is 4.50. The predicted molar refractivity (Wildman–Crippen MR) is 101 cm³/mol. The third-order valence-electron chi connectivity index (χ3n) is 3.33. The monoisotopic (exact) mass is 441 g/mol. The minimum absolute atomic E-state index is 0.715. The summed E-state index contributed by atoms with van der Waals surface area (Å²) in [6.07, 6.45) is 0.990. The first-order chi connectivity index (χ1) is 11.1.